The Hall–Kier alpha value is -4.74. The number of ether oxygens (including phenoxy) is 1. The van der Waals surface area contributed by atoms with Gasteiger partial charge in [0.05, 0.1) is 24.5 Å². The Bertz CT molecular complexity index is 1550. The predicted octanol–water partition coefficient (Wildman–Crippen LogP) is 4.16. The van der Waals surface area contributed by atoms with E-state index in [0.29, 0.717) is 28.0 Å². The lowest BCUT2D eigenvalue weighted by Gasteiger charge is -2.14. The Morgan fingerprint density at radius 1 is 1.13 bits per heavy atom. The summed E-state index contributed by atoms with van der Waals surface area (Å²) in [5.41, 5.74) is 1.06. The highest BCUT2D eigenvalue weighted by Gasteiger charge is 2.27. The molecule has 4 rings (SSSR count). The summed E-state index contributed by atoms with van der Waals surface area (Å²) in [5, 5.41) is 2.57. The van der Waals surface area contributed by atoms with Crippen LogP contribution in [0.15, 0.2) is 70.7 Å². The van der Waals surface area contributed by atoms with Crippen LogP contribution in [0.2, 0.25) is 0 Å². The van der Waals surface area contributed by atoms with E-state index in [1.807, 2.05) is 0 Å². The second-order valence-electron chi connectivity index (χ2n) is 8.43. The van der Waals surface area contributed by atoms with Gasteiger partial charge >= 0.3 is 6.18 Å². The monoisotopic (exact) mass is 524 g/mol. The summed E-state index contributed by atoms with van der Waals surface area (Å²) < 4.78 is 44.8. The predicted molar refractivity (Wildman–Crippen MR) is 138 cm³/mol. The third-order valence-corrected chi connectivity index (χ3v) is 5.38. The number of carbonyl (C=O) groups is 1. The molecule has 0 saturated carbocycles. The summed E-state index contributed by atoms with van der Waals surface area (Å²) in [7, 11) is 4.99. The van der Waals surface area contributed by atoms with E-state index in [0.717, 1.165) is 0 Å². The quantitative estimate of drug-likeness (QED) is 0.286. The zero-order valence-corrected chi connectivity index (χ0v) is 20.7. The molecule has 0 radical (unpaired) electrons. The van der Waals surface area contributed by atoms with Crippen molar-refractivity contribution >= 4 is 29.1 Å². The minimum atomic E-state index is -4.48. The third kappa shape index (κ3) is 5.97. The van der Waals surface area contributed by atoms with Crippen LogP contribution in [0.4, 0.5) is 19.1 Å². The molecule has 0 atom stereocenters. The molecule has 0 unspecified atom stereocenters. The summed E-state index contributed by atoms with van der Waals surface area (Å²) >= 11 is 0. The number of amides is 1. The Labute approximate surface area is 215 Å². The largest absolute Gasteiger partial charge is 0.497 e. The van der Waals surface area contributed by atoms with Gasteiger partial charge < -0.3 is 15.0 Å². The summed E-state index contributed by atoms with van der Waals surface area (Å²) in [5.74, 6) is -0.147. The fraction of sp³-hybridized carbons (Fsp3) is 0.192. The highest BCUT2D eigenvalue weighted by atomic mass is 19.4. The molecule has 0 spiro atoms. The van der Waals surface area contributed by atoms with Crippen molar-refractivity contribution in [1.29, 1.82) is 0 Å². The number of nitrogens with zero attached hydrogens (tertiary/aromatic N) is 5. The van der Waals surface area contributed by atoms with Crippen LogP contribution in [0, 0.1) is 0 Å². The number of nitrogens with one attached hydrogen (secondary N) is 1. The van der Waals surface area contributed by atoms with Gasteiger partial charge in [0.1, 0.15) is 12.3 Å². The second kappa shape index (κ2) is 10.7. The average Bonchev–Trinajstić information content (AvgIpc) is 2.90. The number of carbonyl (C=O) groups excluding carboxylic acids is 1. The van der Waals surface area contributed by atoms with Crippen molar-refractivity contribution in [1.82, 2.24) is 19.4 Å². The van der Waals surface area contributed by atoms with Gasteiger partial charge in [-0.2, -0.15) is 18.2 Å². The second-order valence-corrected chi connectivity index (χ2v) is 8.43. The number of halogens is 3. The smallest absolute Gasteiger partial charge is 0.405 e. The van der Waals surface area contributed by atoms with Crippen LogP contribution in [0.3, 0.4) is 0 Å². The number of hydrogen-bond acceptors (Lipinski definition) is 6. The molecule has 0 aliphatic rings. The van der Waals surface area contributed by atoms with Gasteiger partial charge in [0.25, 0.3) is 11.5 Å². The summed E-state index contributed by atoms with van der Waals surface area (Å²) in [6.45, 7) is -1.33. The van der Waals surface area contributed by atoms with E-state index < -0.39 is 24.2 Å². The van der Waals surface area contributed by atoms with Crippen LogP contribution in [-0.2, 0) is 0 Å². The number of methoxy groups -OCH3 is 1. The van der Waals surface area contributed by atoms with E-state index in [2.05, 4.69) is 20.3 Å². The molecule has 196 valence electrons. The van der Waals surface area contributed by atoms with Gasteiger partial charge in [-0.25, -0.2) is 9.97 Å². The first-order valence-corrected chi connectivity index (χ1v) is 11.3. The van der Waals surface area contributed by atoms with Gasteiger partial charge in [-0.05, 0) is 42.0 Å². The van der Waals surface area contributed by atoms with Crippen molar-refractivity contribution in [2.24, 2.45) is 4.99 Å². The normalized spacial score (nSPS) is 11.6. The Kier molecular flexibility index (Phi) is 7.42. The Morgan fingerprint density at radius 2 is 1.82 bits per heavy atom. The molecule has 38 heavy (non-hydrogen) atoms. The molecular formula is C26H23F3N6O3. The van der Waals surface area contributed by atoms with Crippen LogP contribution in [-0.4, -0.2) is 65.6 Å². The lowest BCUT2D eigenvalue weighted by atomic mass is 10.0. The van der Waals surface area contributed by atoms with Crippen LogP contribution in [0.25, 0.3) is 27.7 Å². The van der Waals surface area contributed by atoms with Gasteiger partial charge in [0.2, 0.25) is 5.95 Å². The maximum absolute atomic E-state index is 13.7. The molecule has 0 fully saturated rings. The van der Waals surface area contributed by atoms with Crippen LogP contribution in [0.1, 0.15) is 10.4 Å². The minimum absolute atomic E-state index is 0.131. The van der Waals surface area contributed by atoms with E-state index in [-0.39, 0.29) is 17.0 Å². The third-order valence-electron chi connectivity index (χ3n) is 5.38. The van der Waals surface area contributed by atoms with Crippen molar-refractivity contribution in [3.63, 3.8) is 0 Å². The number of aliphatic imine (C=N–C) groups is 1. The molecule has 2 heterocycles. The molecule has 9 nitrogen and oxygen atoms in total. The van der Waals surface area contributed by atoms with Crippen LogP contribution in [0.5, 0.6) is 5.75 Å². The number of rotatable bonds is 7. The van der Waals surface area contributed by atoms with Gasteiger partial charge in [-0.1, -0.05) is 12.1 Å². The first-order chi connectivity index (χ1) is 18.1. The van der Waals surface area contributed by atoms with E-state index in [9.17, 15) is 22.8 Å². The molecule has 0 bridgehead atoms. The van der Waals surface area contributed by atoms with Crippen molar-refractivity contribution in [3.8, 4) is 22.6 Å². The Morgan fingerprint density at radius 3 is 2.42 bits per heavy atom. The van der Waals surface area contributed by atoms with E-state index in [1.165, 1.54) is 42.5 Å². The zero-order valence-electron chi connectivity index (χ0n) is 20.7. The maximum atomic E-state index is 13.7. The number of hydrogen-bond donors (Lipinski definition) is 1. The average molecular weight is 525 g/mol. The molecule has 0 aliphatic heterocycles. The van der Waals surface area contributed by atoms with Crippen molar-refractivity contribution in [3.05, 3.63) is 76.8 Å². The first-order valence-electron chi connectivity index (χ1n) is 11.3. The molecule has 2 aromatic carbocycles. The van der Waals surface area contributed by atoms with Gasteiger partial charge in [-0.3, -0.25) is 14.2 Å². The maximum Gasteiger partial charge on any atom is 0.405 e. The number of alkyl halides is 3. The summed E-state index contributed by atoms with van der Waals surface area (Å²) in [6, 6.07) is 13.0. The highest BCUT2D eigenvalue weighted by molar-refractivity contribution is 5.99. The first kappa shape index (κ1) is 26.3. The number of anilines is 1. The van der Waals surface area contributed by atoms with Gasteiger partial charge in [-0.15, -0.1) is 0 Å². The van der Waals surface area contributed by atoms with Crippen molar-refractivity contribution < 1.29 is 22.7 Å². The zero-order chi connectivity index (χ0) is 27.4. The highest BCUT2D eigenvalue weighted by Crippen LogP contribution is 2.27. The lowest BCUT2D eigenvalue weighted by Crippen LogP contribution is -2.23. The van der Waals surface area contributed by atoms with Gasteiger partial charge in [0.15, 0.2) is 0 Å². The van der Waals surface area contributed by atoms with Gasteiger partial charge in [0, 0.05) is 43.1 Å². The number of pyridine rings is 1. The van der Waals surface area contributed by atoms with Crippen molar-refractivity contribution in [2.45, 2.75) is 6.18 Å². The van der Waals surface area contributed by atoms with E-state index >= 15 is 0 Å². The molecule has 0 aliphatic carbocycles. The number of fused-ring (bicyclic) bond motifs is 1. The SMILES string of the molecule is COc1ccc(-n2cc3cnc(NCC(F)(F)F)nc3c(-c3ccc(C(=O)/N=C\N(C)C)cc3)c2=O)cc1. The molecule has 4 aromatic rings. The fourth-order valence-electron chi connectivity index (χ4n) is 3.59. The molecule has 2 aromatic heterocycles. The molecule has 0 saturated heterocycles. The minimum Gasteiger partial charge on any atom is -0.497 e. The lowest BCUT2D eigenvalue weighted by molar-refractivity contribution is -0.115. The fourth-order valence-corrected chi connectivity index (χ4v) is 3.59. The molecule has 1 amide bonds. The molecule has 12 heteroatoms. The van der Waals surface area contributed by atoms with E-state index in [4.69, 9.17) is 4.74 Å². The van der Waals surface area contributed by atoms with Crippen LogP contribution >= 0.6 is 0 Å². The van der Waals surface area contributed by atoms with E-state index in [1.54, 1.807) is 55.4 Å². The number of aromatic nitrogens is 3. The molecular weight excluding hydrogens is 501 g/mol. The summed E-state index contributed by atoms with van der Waals surface area (Å²) in [6.07, 6.45) is -0.237. The summed E-state index contributed by atoms with van der Waals surface area (Å²) in [4.78, 5) is 39.8. The van der Waals surface area contributed by atoms with Crippen molar-refractivity contribution in [2.75, 3.05) is 33.1 Å². The van der Waals surface area contributed by atoms with Crippen LogP contribution < -0.4 is 15.6 Å². The number of benzene rings is 2. The Balaban J connectivity index is 1.86. The molecule has 1 N–H and O–H groups in total. The topological polar surface area (TPSA) is 102 Å². The standard InChI is InChI=1S/C26H23F3N6O3/c1-34(2)15-32-23(36)17-6-4-16(5-7-17)21-22-18(12-30-25(33-22)31-14-26(27,28)29)13-35(24(21)37)19-8-10-20(38-3)11-9-19/h4-13,15H,14H2,1-3H3,(H,31,33)/b32-15-.